The standard InChI is InChI=1S/C25H19N5O2.C5H11N/c1-15-4-3-5-21(30-15)24-23(28-14-29-24)16-6-7-20-18(10-16)11-19(13-27-20)22-12-17(8-9-26-22)25(31)32-2;1-5-3-2-4-6-5/h3-14H,1-2H3,(H,28,29);5-6H,2-4H2,1H3/t;5-/m.0/s1. The number of aryl methyl sites for hydroxylation is 1. The van der Waals surface area contributed by atoms with E-state index in [1.165, 1.54) is 26.5 Å². The van der Waals surface area contributed by atoms with E-state index >= 15 is 0 Å². The van der Waals surface area contributed by atoms with E-state index in [-0.39, 0.29) is 0 Å². The number of hydrogen-bond donors (Lipinski definition) is 2. The maximum absolute atomic E-state index is 11.9. The van der Waals surface area contributed by atoms with E-state index in [0.717, 1.165) is 50.8 Å². The Kier molecular flexibility index (Phi) is 7.51. The van der Waals surface area contributed by atoms with Crippen LogP contribution in [0.25, 0.3) is 44.8 Å². The molecule has 0 saturated carbocycles. The van der Waals surface area contributed by atoms with Gasteiger partial charge in [0.05, 0.1) is 47.3 Å². The molecule has 1 saturated heterocycles. The lowest BCUT2D eigenvalue weighted by Crippen LogP contribution is -2.16. The largest absolute Gasteiger partial charge is 0.465 e. The highest BCUT2D eigenvalue weighted by molar-refractivity contribution is 5.92. The maximum atomic E-state index is 11.9. The molecule has 1 aliphatic rings. The van der Waals surface area contributed by atoms with Crippen LogP contribution in [0.3, 0.4) is 0 Å². The molecular formula is C30H30N6O2. The molecule has 0 radical (unpaired) electrons. The molecule has 1 atom stereocenters. The van der Waals surface area contributed by atoms with Gasteiger partial charge in [0.2, 0.25) is 0 Å². The monoisotopic (exact) mass is 506 g/mol. The molecule has 1 aliphatic heterocycles. The molecule has 1 aromatic carbocycles. The van der Waals surface area contributed by atoms with Crippen LogP contribution in [-0.4, -0.2) is 50.6 Å². The average Bonchev–Trinajstić information content (AvgIpc) is 3.64. The molecule has 38 heavy (non-hydrogen) atoms. The van der Waals surface area contributed by atoms with Gasteiger partial charge in [0, 0.05) is 40.6 Å². The summed E-state index contributed by atoms with van der Waals surface area (Å²) < 4.78 is 4.81. The molecule has 0 amide bonds. The van der Waals surface area contributed by atoms with Gasteiger partial charge in [-0.1, -0.05) is 12.1 Å². The number of nitrogens with one attached hydrogen (secondary N) is 2. The van der Waals surface area contributed by atoms with Crippen molar-refractivity contribution in [1.82, 2.24) is 30.2 Å². The van der Waals surface area contributed by atoms with Crippen molar-refractivity contribution in [3.63, 3.8) is 0 Å². The minimum Gasteiger partial charge on any atom is -0.465 e. The highest BCUT2D eigenvalue weighted by Gasteiger charge is 2.14. The van der Waals surface area contributed by atoms with Crippen molar-refractivity contribution < 1.29 is 9.53 Å². The van der Waals surface area contributed by atoms with Crippen LogP contribution in [0.2, 0.25) is 0 Å². The van der Waals surface area contributed by atoms with E-state index in [2.05, 4.69) is 37.2 Å². The first-order valence-corrected chi connectivity index (χ1v) is 12.7. The van der Waals surface area contributed by atoms with Crippen molar-refractivity contribution in [3.8, 4) is 33.9 Å². The fraction of sp³-hybridized carbons (Fsp3) is 0.233. The van der Waals surface area contributed by atoms with Crippen molar-refractivity contribution in [3.05, 3.63) is 84.6 Å². The molecule has 0 bridgehead atoms. The van der Waals surface area contributed by atoms with E-state index in [4.69, 9.17) is 4.74 Å². The van der Waals surface area contributed by atoms with Gasteiger partial charge in [0.25, 0.3) is 0 Å². The average molecular weight is 507 g/mol. The number of fused-ring (bicyclic) bond motifs is 1. The molecule has 0 aliphatic carbocycles. The minimum atomic E-state index is -0.402. The quantitative estimate of drug-likeness (QED) is 0.306. The summed E-state index contributed by atoms with van der Waals surface area (Å²) in [5, 5.41) is 4.26. The van der Waals surface area contributed by atoms with E-state index < -0.39 is 5.97 Å². The molecule has 5 heterocycles. The number of carbonyl (C=O) groups is 1. The first-order chi connectivity index (χ1) is 18.5. The number of aromatic nitrogens is 5. The summed E-state index contributed by atoms with van der Waals surface area (Å²) in [5.74, 6) is -0.402. The van der Waals surface area contributed by atoms with Crippen molar-refractivity contribution >= 4 is 16.9 Å². The number of ether oxygens (including phenoxy) is 1. The minimum absolute atomic E-state index is 0.402. The molecule has 6 rings (SSSR count). The Labute approximate surface area is 221 Å². The van der Waals surface area contributed by atoms with Crippen LogP contribution in [0, 0.1) is 6.92 Å². The molecule has 0 unspecified atom stereocenters. The Bertz CT molecular complexity index is 1570. The zero-order chi connectivity index (χ0) is 26.5. The van der Waals surface area contributed by atoms with Crippen LogP contribution in [-0.2, 0) is 4.74 Å². The third kappa shape index (κ3) is 5.60. The summed E-state index contributed by atoms with van der Waals surface area (Å²) in [4.78, 5) is 33.2. The number of pyridine rings is 3. The SMILES string of the molecule is COC(=O)c1ccnc(-c2cnc3ccc(-c4nc[nH]c4-c4cccc(C)n4)cc3c2)c1.C[C@H]1CCCN1. The Balaban J connectivity index is 0.000000433. The molecule has 5 aromatic rings. The van der Waals surface area contributed by atoms with Gasteiger partial charge in [0.15, 0.2) is 0 Å². The normalized spacial score (nSPS) is 14.7. The Hall–Kier alpha value is -4.43. The number of esters is 1. The van der Waals surface area contributed by atoms with Crippen LogP contribution in [0.15, 0.2) is 73.3 Å². The number of methoxy groups -OCH3 is 1. The number of hydrogen-bond acceptors (Lipinski definition) is 7. The second kappa shape index (κ2) is 11.3. The summed E-state index contributed by atoms with van der Waals surface area (Å²) in [6, 6.07) is 18.1. The van der Waals surface area contributed by atoms with Gasteiger partial charge in [-0.25, -0.2) is 9.78 Å². The molecule has 1 fully saturated rings. The number of H-pyrrole nitrogens is 1. The van der Waals surface area contributed by atoms with Gasteiger partial charge in [0.1, 0.15) is 0 Å². The van der Waals surface area contributed by atoms with Crippen molar-refractivity contribution in [2.24, 2.45) is 0 Å². The molecule has 0 spiro atoms. The summed E-state index contributed by atoms with van der Waals surface area (Å²) >= 11 is 0. The Morgan fingerprint density at radius 1 is 1.00 bits per heavy atom. The van der Waals surface area contributed by atoms with E-state index in [1.54, 1.807) is 30.9 Å². The second-order valence-corrected chi connectivity index (χ2v) is 9.34. The number of benzene rings is 1. The summed E-state index contributed by atoms with van der Waals surface area (Å²) in [5.41, 5.74) is 7.18. The van der Waals surface area contributed by atoms with Gasteiger partial charge in [-0.2, -0.15) is 0 Å². The number of rotatable bonds is 4. The van der Waals surface area contributed by atoms with Crippen LogP contribution in [0.5, 0.6) is 0 Å². The fourth-order valence-corrected chi connectivity index (χ4v) is 4.50. The predicted octanol–water partition coefficient (Wildman–Crippen LogP) is 5.60. The molecule has 8 heteroatoms. The molecule has 2 N–H and O–H groups in total. The van der Waals surface area contributed by atoms with Gasteiger partial charge in [-0.3, -0.25) is 15.0 Å². The van der Waals surface area contributed by atoms with E-state index in [9.17, 15) is 4.79 Å². The molecule has 8 nitrogen and oxygen atoms in total. The van der Waals surface area contributed by atoms with Gasteiger partial charge < -0.3 is 15.0 Å². The maximum Gasteiger partial charge on any atom is 0.337 e. The number of nitrogens with zero attached hydrogens (tertiary/aromatic N) is 4. The molecular weight excluding hydrogens is 476 g/mol. The number of imidazole rings is 1. The third-order valence-corrected chi connectivity index (χ3v) is 6.52. The molecule has 4 aromatic heterocycles. The Morgan fingerprint density at radius 3 is 2.61 bits per heavy atom. The summed E-state index contributed by atoms with van der Waals surface area (Å²) in [6.07, 6.45) is 7.77. The van der Waals surface area contributed by atoms with E-state index in [0.29, 0.717) is 11.3 Å². The molecule has 192 valence electrons. The summed E-state index contributed by atoms with van der Waals surface area (Å²) in [6.45, 7) is 5.43. The predicted molar refractivity (Wildman–Crippen MR) is 149 cm³/mol. The third-order valence-electron chi connectivity index (χ3n) is 6.52. The van der Waals surface area contributed by atoms with Crippen LogP contribution < -0.4 is 5.32 Å². The van der Waals surface area contributed by atoms with Gasteiger partial charge in [-0.15, -0.1) is 0 Å². The first-order valence-electron chi connectivity index (χ1n) is 12.7. The second-order valence-electron chi connectivity index (χ2n) is 9.34. The lowest BCUT2D eigenvalue weighted by Gasteiger charge is -2.07. The van der Waals surface area contributed by atoms with Crippen LogP contribution in [0.1, 0.15) is 35.8 Å². The van der Waals surface area contributed by atoms with Crippen molar-refractivity contribution in [2.75, 3.05) is 13.7 Å². The zero-order valence-electron chi connectivity index (χ0n) is 21.7. The Morgan fingerprint density at radius 2 is 1.87 bits per heavy atom. The van der Waals surface area contributed by atoms with Crippen LogP contribution in [0.4, 0.5) is 0 Å². The topological polar surface area (TPSA) is 106 Å². The van der Waals surface area contributed by atoms with Gasteiger partial charge in [-0.05, 0) is 75.7 Å². The summed E-state index contributed by atoms with van der Waals surface area (Å²) in [7, 11) is 1.36. The smallest absolute Gasteiger partial charge is 0.337 e. The highest BCUT2D eigenvalue weighted by atomic mass is 16.5. The van der Waals surface area contributed by atoms with Crippen LogP contribution >= 0.6 is 0 Å². The lowest BCUT2D eigenvalue weighted by atomic mass is 10.0. The van der Waals surface area contributed by atoms with Crippen molar-refractivity contribution in [1.29, 1.82) is 0 Å². The first kappa shape index (κ1) is 25.2. The lowest BCUT2D eigenvalue weighted by molar-refractivity contribution is 0.0600. The number of carbonyl (C=O) groups excluding carboxylic acids is 1. The van der Waals surface area contributed by atoms with Crippen molar-refractivity contribution in [2.45, 2.75) is 32.7 Å². The zero-order valence-corrected chi connectivity index (χ0v) is 21.7. The fourth-order valence-electron chi connectivity index (χ4n) is 4.50. The van der Waals surface area contributed by atoms with Gasteiger partial charge >= 0.3 is 5.97 Å². The highest BCUT2D eigenvalue weighted by Crippen LogP contribution is 2.31. The number of aromatic amines is 1. The van der Waals surface area contributed by atoms with E-state index in [1.807, 2.05) is 49.4 Å².